The summed E-state index contributed by atoms with van der Waals surface area (Å²) in [6.07, 6.45) is 7.49. The molecule has 0 unspecified atom stereocenters. The molecule has 3 heteroatoms. The predicted molar refractivity (Wildman–Crippen MR) is 83.8 cm³/mol. The summed E-state index contributed by atoms with van der Waals surface area (Å²) in [4.78, 5) is 8.29. The Hall–Kier alpha value is -1.35. The van der Waals surface area contributed by atoms with Gasteiger partial charge in [-0.15, -0.1) is 0 Å². The molecule has 1 aromatic carbocycles. The summed E-state index contributed by atoms with van der Waals surface area (Å²) in [5.74, 6) is 1.11. The quantitative estimate of drug-likeness (QED) is 0.895. The standard InChI is InChI=1S/C17H25N3/c1-12-8-14-15(9-13(12)2)20-16(19-14)10-17(11-18)6-4-3-5-7-17/h8-9H,3-7,10-11,18H2,1-2H3,(H,19,20). The third-order valence-electron chi connectivity index (χ3n) is 5.04. The molecule has 0 aliphatic heterocycles. The minimum Gasteiger partial charge on any atom is -0.342 e. The van der Waals surface area contributed by atoms with Crippen LogP contribution in [0.5, 0.6) is 0 Å². The molecule has 1 saturated carbocycles. The molecule has 108 valence electrons. The molecule has 20 heavy (non-hydrogen) atoms. The van der Waals surface area contributed by atoms with Crippen molar-refractivity contribution in [1.29, 1.82) is 0 Å². The second kappa shape index (κ2) is 5.21. The molecule has 3 rings (SSSR count). The van der Waals surface area contributed by atoms with E-state index >= 15 is 0 Å². The molecule has 0 radical (unpaired) electrons. The number of hydrogen-bond acceptors (Lipinski definition) is 2. The number of nitrogens with two attached hydrogens (primary N) is 1. The molecule has 0 bridgehead atoms. The highest BCUT2D eigenvalue weighted by atomic mass is 14.9. The first-order valence-electron chi connectivity index (χ1n) is 7.78. The van der Waals surface area contributed by atoms with E-state index < -0.39 is 0 Å². The zero-order valence-electron chi connectivity index (χ0n) is 12.6. The van der Waals surface area contributed by atoms with Crippen LogP contribution < -0.4 is 5.73 Å². The van der Waals surface area contributed by atoms with Crippen molar-refractivity contribution in [1.82, 2.24) is 9.97 Å². The number of rotatable bonds is 3. The number of hydrogen-bond donors (Lipinski definition) is 2. The number of nitrogens with one attached hydrogen (secondary N) is 1. The van der Waals surface area contributed by atoms with Gasteiger partial charge in [0.15, 0.2) is 0 Å². The molecule has 2 aromatic rings. The van der Waals surface area contributed by atoms with Gasteiger partial charge >= 0.3 is 0 Å². The van der Waals surface area contributed by atoms with Crippen LogP contribution in [0.2, 0.25) is 0 Å². The Labute approximate surface area is 121 Å². The zero-order chi connectivity index (χ0) is 14.2. The fourth-order valence-electron chi connectivity index (χ4n) is 3.52. The highest BCUT2D eigenvalue weighted by molar-refractivity contribution is 5.77. The zero-order valence-corrected chi connectivity index (χ0v) is 12.6. The van der Waals surface area contributed by atoms with Crippen LogP contribution in [0.3, 0.4) is 0 Å². The fourth-order valence-corrected chi connectivity index (χ4v) is 3.52. The number of aryl methyl sites for hydroxylation is 2. The summed E-state index contributed by atoms with van der Waals surface area (Å²) in [5.41, 5.74) is 11.2. The second-order valence-electron chi connectivity index (χ2n) is 6.58. The van der Waals surface area contributed by atoms with Crippen LogP contribution in [0.4, 0.5) is 0 Å². The van der Waals surface area contributed by atoms with Crippen LogP contribution in [-0.4, -0.2) is 16.5 Å². The van der Waals surface area contributed by atoms with E-state index in [4.69, 9.17) is 10.7 Å². The molecule has 0 spiro atoms. The van der Waals surface area contributed by atoms with Gasteiger partial charge in [0.2, 0.25) is 0 Å². The number of fused-ring (bicyclic) bond motifs is 1. The average molecular weight is 271 g/mol. The third-order valence-corrected chi connectivity index (χ3v) is 5.04. The van der Waals surface area contributed by atoms with Crippen molar-refractivity contribution < 1.29 is 0 Å². The Morgan fingerprint density at radius 1 is 1.15 bits per heavy atom. The van der Waals surface area contributed by atoms with Crippen molar-refractivity contribution in [2.45, 2.75) is 52.4 Å². The highest BCUT2D eigenvalue weighted by Crippen LogP contribution is 2.38. The Kier molecular flexibility index (Phi) is 3.55. The molecule has 1 aliphatic carbocycles. The maximum atomic E-state index is 6.09. The summed E-state index contributed by atoms with van der Waals surface area (Å²) in [5, 5.41) is 0. The summed E-state index contributed by atoms with van der Waals surface area (Å²) < 4.78 is 0. The minimum absolute atomic E-state index is 0.274. The Morgan fingerprint density at radius 2 is 1.85 bits per heavy atom. The van der Waals surface area contributed by atoms with E-state index in [0.717, 1.165) is 29.8 Å². The van der Waals surface area contributed by atoms with Crippen LogP contribution in [0.15, 0.2) is 12.1 Å². The first-order valence-corrected chi connectivity index (χ1v) is 7.78. The second-order valence-corrected chi connectivity index (χ2v) is 6.58. The normalized spacial score (nSPS) is 18.6. The number of imidazole rings is 1. The lowest BCUT2D eigenvalue weighted by atomic mass is 9.72. The van der Waals surface area contributed by atoms with Crippen molar-refractivity contribution in [3.63, 3.8) is 0 Å². The summed E-state index contributed by atoms with van der Waals surface area (Å²) in [6.45, 7) is 5.07. The molecule has 3 N–H and O–H groups in total. The first-order chi connectivity index (χ1) is 9.62. The number of benzene rings is 1. The largest absolute Gasteiger partial charge is 0.342 e. The molecule has 1 fully saturated rings. The number of aromatic nitrogens is 2. The van der Waals surface area contributed by atoms with Gasteiger partial charge in [-0.2, -0.15) is 0 Å². The van der Waals surface area contributed by atoms with E-state index in [1.165, 1.54) is 43.2 Å². The summed E-state index contributed by atoms with van der Waals surface area (Å²) in [7, 11) is 0. The first kappa shape index (κ1) is 13.6. The molecular formula is C17H25N3. The Balaban J connectivity index is 1.90. The van der Waals surface area contributed by atoms with E-state index in [-0.39, 0.29) is 5.41 Å². The molecule has 1 aliphatic rings. The van der Waals surface area contributed by atoms with Gasteiger partial charge in [-0.1, -0.05) is 19.3 Å². The van der Waals surface area contributed by atoms with Crippen LogP contribution in [0.1, 0.15) is 49.1 Å². The summed E-state index contributed by atoms with van der Waals surface area (Å²) >= 11 is 0. The number of aromatic amines is 1. The van der Waals surface area contributed by atoms with Crippen molar-refractivity contribution in [3.8, 4) is 0 Å². The van der Waals surface area contributed by atoms with Gasteiger partial charge in [0.1, 0.15) is 5.82 Å². The van der Waals surface area contributed by atoms with Gasteiger partial charge in [-0.25, -0.2) is 4.98 Å². The van der Waals surface area contributed by atoms with Crippen molar-refractivity contribution in [2.75, 3.05) is 6.54 Å². The topological polar surface area (TPSA) is 54.7 Å². The van der Waals surface area contributed by atoms with Crippen molar-refractivity contribution in [3.05, 3.63) is 29.1 Å². The van der Waals surface area contributed by atoms with Crippen LogP contribution in [0, 0.1) is 19.3 Å². The number of nitrogens with zero attached hydrogens (tertiary/aromatic N) is 1. The lowest BCUT2D eigenvalue weighted by Gasteiger charge is -2.35. The average Bonchev–Trinajstić information content (AvgIpc) is 2.81. The van der Waals surface area contributed by atoms with Gasteiger partial charge in [0.05, 0.1) is 11.0 Å². The lowest BCUT2D eigenvalue weighted by molar-refractivity contribution is 0.194. The van der Waals surface area contributed by atoms with E-state index in [1.807, 2.05) is 0 Å². The van der Waals surface area contributed by atoms with Crippen LogP contribution in [-0.2, 0) is 6.42 Å². The van der Waals surface area contributed by atoms with Gasteiger partial charge in [-0.05, 0) is 61.9 Å². The van der Waals surface area contributed by atoms with E-state index in [2.05, 4.69) is 31.0 Å². The van der Waals surface area contributed by atoms with Crippen molar-refractivity contribution in [2.24, 2.45) is 11.1 Å². The molecule has 0 amide bonds. The highest BCUT2D eigenvalue weighted by Gasteiger charge is 2.31. The van der Waals surface area contributed by atoms with E-state index in [9.17, 15) is 0 Å². The van der Waals surface area contributed by atoms with Gasteiger partial charge < -0.3 is 10.7 Å². The molecule has 0 saturated heterocycles. The van der Waals surface area contributed by atoms with Gasteiger partial charge in [0.25, 0.3) is 0 Å². The van der Waals surface area contributed by atoms with E-state index in [0.29, 0.717) is 0 Å². The smallest absolute Gasteiger partial charge is 0.107 e. The SMILES string of the molecule is Cc1cc2nc(CC3(CN)CCCCC3)[nH]c2cc1C. The van der Waals surface area contributed by atoms with E-state index in [1.54, 1.807) is 0 Å². The Morgan fingerprint density at radius 3 is 2.55 bits per heavy atom. The fraction of sp³-hybridized carbons (Fsp3) is 0.588. The maximum Gasteiger partial charge on any atom is 0.107 e. The van der Waals surface area contributed by atoms with Crippen molar-refractivity contribution >= 4 is 11.0 Å². The van der Waals surface area contributed by atoms with Crippen LogP contribution in [0.25, 0.3) is 11.0 Å². The third kappa shape index (κ3) is 2.47. The lowest BCUT2D eigenvalue weighted by Crippen LogP contribution is -2.35. The monoisotopic (exact) mass is 271 g/mol. The minimum atomic E-state index is 0.274. The van der Waals surface area contributed by atoms with Gasteiger partial charge in [-0.3, -0.25) is 0 Å². The molecular weight excluding hydrogens is 246 g/mol. The maximum absolute atomic E-state index is 6.09. The Bertz CT molecular complexity index is 567. The molecule has 3 nitrogen and oxygen atoms in total. The summed E-state index contributed by atoms with van der Waals surface area (Å²) in [6, 6.07) is 4.39. The van der Waals surface area contributed by atoms with Gasteiger partial charge in [0, 0.05) is 6.42 Å². The number of H-pyrrole nitrogens is 1. The molecule has 1 aromatic heterocycles. The molecule has 1 heterocycles. The van der Waals surface area contributed by atoms with Crippen LogP contribution >= 0.6 is 0 Å². The molecule has 0 atom stereocenters. The predicted octanol–water partition coefficient (Wildman–Crippen LogP) is 3.63.